The molecule has 144 valence electrons. The maximum absolute atomic E-state index is 10.1. The molecule has 2 fully saturated rings. The molecule has 1 aromatic rings. The second-order valence-electron chi connectivity index (χ2n) is 8.74. The topological polar surface area (TPSA) is 32.7 Å². The van der Waals surface area contributed by atoms with Crippen LogP contribution in [0.2, 0.25) is 0 Å². The van der Waals surface area contributed by atoms with Crippen LogP contribution in [0.15, 0.2) is 18.2 Å². The fourth-order valence-electron chi connectivity index (χ4n) is 5.57. The molecule has 3 aliphatic carbocycles. The Balaban J connectivity index is 1.75. The number of hydrogen-bond acceptors (Lipinski definition) is 3. The lowest BCUT2D eigenvalue weighted by Gasteiger charge is -2.55. The molecular weight excluding hydrogens is 322 g/mol. The average molecular weight is 358 g/mol. The van der Waals surface area contributed by atoms with Gasteiger partial charge in [0.05, 0.1) is 5.60 Å². The van der Waals surface area contributed by atoms with Gasteiger partial charge in [-0.3, -0.25) is 4.90 Å². The van der Waals surface area contributed by atoms with E-state index in [-0.39, 0.29) is 5.60 Å². The molecule has 0 aromatic heterocycles. The number of likely N-dealkylation sites (N-methyl/N-ethyl adjacent to an activating group) is 1. The monoisotopic (exact) mass is 357 g/mol. The maximum atomic E-state index is 10.1. The summed E-state index contributed by atoms with van der Waals surface area (Å²) in [5.41, 5.74) is 2.73. The van der Waals surface area contributed by atoms with Crippen molar-refractivity contribution in [3.05, 3.63) is 29.3 Å². The highest BCUT2D eigenvalue weighted by molar-refractivity contribution is 5.43. The molecule has 3 nitrogen and oxygen atoms in total. The molecule has 1 N–H and O–H groups in total. The highest BCUT2D eigenvalue weighted by Gasteiger charge is 2.53. The number of nitrogens with zero attached hydrogens (tertiary/aromatic N) is 1. The van der Waals surface area contributed by atoms with Crippen LogP contribution >= 0.6 is 0 Å². The first kappa shape index (κ1) is 18.3. The van der Waals surface area contributed by atoms with E-state index in [0.717, 1.165) is 31.9 Å². The van der Waals surface area contributed by atoms with Gasteiger partial charge in [0.2, 0.25) is 0 Å². The average Bonchev–Trinajstić information content (AvgIpc) is 3.48. The van der Waals surface area contributed by atoms with Crippen molar-refractivity contribution in [2.24, 2.45) is 5.92 Å². The number of benzene rings is 1. The molecule has 0 spiro atoms. The first-order valence-corrected chi connectivity index (χ1v) is 10.9. The Hall–Kier alpha value is -1.06. The van der Waals surface area contributed by atoms with Crippen molar-refractivity contribution in [3.8, 4) is 5.75 Å². The zero-order valence-corrected chi connectivity index (χ0v) is 16.5. The van der Waals surface area contributed by atoms with Crippen LogP contribution in [-0.4, -0.2) is 41.3 Å². The lowest BCUT2D eigenvalue weighted by molar-refractivity contribution is -0.141. The zero-order chi connectivity index (χ0) is 18.1. The predicted molar refractivity (Wildman–Crippen MR) is 106 cm³/mol. The number of aromatic hydroxyl groups is 1. The summed E-state index contributed by atoms with van der Waals surface area (Å²) in [7, 11) is 0. The van der Waals surface area contributed by atoms with Crippen molar-refractivity contribution in [1.29, 1.82) is 0 Å². The summed E-state index contributed by atoms with van der Waals surface area (Å²) in [6.45, 7) is 7.73. The molecule has 2 unspecified atom stereocenters. The summed E-state index contributed by atoms with van der Waals surface area (Å²) in [5, 5.41) is 10.1. The minimum atomic E-state index is -0.0695. The highest BCUT2D eigenvalue weighted by Crippen LogP contribution is 2.52. The molecule has 0 radical (unpaired) electrons. The third-order valence-corrected chi connectivity index (χ3v) is 6.99. The number of ether oxygens (including phenoxy) is 1. The first-order valence-electron chi connectivity index (χ1n) is 10.9. The van der Waals surface area contributed by atoms with Crippen molar-refractivity contribution in [1.82, 2.24) is 4.90 Å². The summed E-state index contributed by atoms with van der Waals surface area (Å²) >= 11 is 0. The molecule has 3 aliphatic rings. The maximum Gasteiger partial charge on any atom is 0.115 e. The van der Waals surface area contributed by atoms with Crippen LogP contribution in [0.25, 0.3) is 0 Å². The number of rotatable bonds is 7. The van der Waals surface area contributed by atoms with Crippen LogP contribution in [-0.2, 0) is 11.2 Å². The van der Waals surface area contributed by atoms with Crippen LogP contribution in [0, 0.1) is 5.92 Å². The van der Waals surface area contributed by atoms with Gasteiger partial charge in [0.1, 0.15) is 5.75 Å². The number of phenolic OH excluding ortho intramolecular Hbond substituents is 1. The van der Waals surface area contributed by atoms with Crippen molar-refractivity contribution in [2.75, 3.05) is 19.7 Å². The standard InChI is InChI=1S/C23H35NO2/c1-3-13-26-23-12-6-5-7-21(23)20-15-19(25)11-10-18(20)14-22(23)24(4-2)16-17-8-9-17/h10-11,15,17,21-22,25H,3-9,12-14,16H2,1-2H3/t21?,22-,23?/m1/s1. The predicted octanol–water partition coefficient (Wildman–Crippen LogP) is 4.87. The van der Waals surface area contributed by atoms with E-state index in [2.05, 4.69) is 24.8 Å². The van der Waals surface area contributed by atoms with Gasteiger partial charge in [-0.05, 0) is 74.2 Å². The van der Waals surface area contributed by atoms with Crippen molar-refractivity contribution in [3.63, 3.8) is 0 Å². The Bertz CT molecular complexity index is 627. The lowest BCUT2D eigenvalue weighted by Crippen LogP contribution is -2.62. The third kappa shape index (κ3) is 3.29. The van der Waals surface area contributed by atoms with E-state index in [4.69, 9.17) is 4.74 Å². The van der Waals surface area contributed by atoms with Crippen LogP contribution in [0.5, 0.6) is 5.75 Å². The van der Waals surface area contributed by atoms with E-state index in [1.807, 2.05) is 12.1 Å². The van der Waals surface area contributed by atoms with E-state index >= 15 is 0 Å². The first-order chi connectivity index (χ1) is 12.7. The van der Waals surface area contributed by atoms with E-state index in [0.29, 0.717) is 17.7 Å². The van der Waals surface area contributed by atoms with Gasteiger partial charge in [0.15, 0.2) is 0 Å². The zero-order valence-electron chi connectivity index (χ0n) is 16.5. The molecular formula is C23H35NO2. The van der Waals surface area contributed by atoms with Crippen molar-refractivity contribution in [2.45, 2.75) is 82.8 Å². The Kier molecular flexibility index (Phi) is 5.29. The summed E-state index contributed by atoms with van der Waals surface area (Å²) in [6, 6.07) is 6.54. The van der Waals surface area contributed by atoms with Crippen molar-refractivity contribution >= 4 is 0 Å². The molecule has 26 heavy (non-hydrogen) atoms. The van der Waals surface area contributed by atoms with Crippen LogP contribution in [0.1, 0.15) is 75.8 Å². The fraction of sp³-hybridized carbons (Fsp3) is 0.739. The van der Waals surface area contributed by atoms with Gasteiger partial charge in [-0.15, -0.1) is 0 Å². The Morgan fingerprint density at radius 1 is 1.19 bits per heavy atom. The Labute approximate surface area is 158 Å². The van der Waals surface area contributed by atoms with E-state index in [1.165, 1.54) is 56.2 Å². The van der Waals surface area contributed by atoms with Crippen molar-refractivity contribution < 1.29 is 9.84 Å². The molecule has 0 aliphatic heterocycles. The summed E-state index contributed by atoms with van der Waals surface area (Å²) in [5.74, 6) is 1.74. The molecule has 0 bridgehead atoms. The Morgan fingerprint density at radius 3 is 2.77 bits per heavy atom. The van der Waals surface area contributed by atoms with Gasteiger partial charge in [0.25, 0.3) is 0 Å². The second kappa shape index (κ2) is 7.52. The van der Waals surface area contributed by atoms with Crippen LogP contribution in [0.3, 0.4) is 0 Å². The molecule has 2 saturated carbocycles. The summed E-state index contributed by atoms with van der Waals surface area (Å²) in [4.78, 5) is 2.74. The molecule has 4 rings (SSSR count). The van der Waals surface area contributed by atoms with E-state index in [9.17, 15) is 5.11 Å². The van der Waals surface area contributed by atoms with Crippen LogP contribution in [0.4, 0.5) is 0 Å². The molecule has 0 saturated heterocycles. The normalized spacial score (nSPS) is 30.9. The van der Waals surface area contributed by atoms with Gasteiger partial charge >= 0.3 is 0 Å². The number of hydrogen-bond donors (Lipinski definition) is 1. The number of fused-ring (bicyclic) bond motifs is 3. The smallest absolute Gasteiger partial charge is 0.115 e. The van der Waals surface area contributed by atoms with E-state index in [1.54, 1.807) is 0 Å². The largest absolute Gasteiger partial charge is 0.508 e. The highest BCUT2D eigenvalue weighted by atomic mass is 16.5. The SMILES string of the molecule is CCCOC12CCCCC1c1cc(O)ccc1C[C@H]2N(CC)CC1CC1. The van der Waals surface area contributed by atoms with E-state index < -0.39 is 0 Å². The summed E-state index contributed by atoms with van der Waals surface area (Å²) in [6.07, 6.45) is 9.85. The molecule has 3 atom stereocenters. The van der Waals surface area contributed by atoms with Gasteiger partial charge < -0.3 is 9.84 Å². The molecule has 3 heteroatoms. The van der Waals surface area contributed by atoms with Gasteiger partial charge in [0, 0.05) is 25.1 Å². The Morgan fingerprint density at radius 2 is 2.04 bits per heavy atom. The van der Waals surface area contributed by atoms with Gasteiger partial charge in [-0.25, -0.2) is 0 Å². The minimum absolute atomic E-state index is 0.0695. The fourth-order valence-corrected chi connectivity index (χ4v) is 5.57. The molecule has 0 heterocycles. The third-order valence-electron chi connectivity index (χ3n) is 6.99. The lowest BCUT2D eigenvalue weighted by atomic mass is 9.62. The molecule has 1 aromatic carbocycles. The minimum Gasteiger partial charge on any atom is -0.508 e. The van der Waals surface area contributed by atoms with Gasteiger partial charge in [-0.2, -0.15) is 0 Å². The number of phenols is 1. The second-order valence-corrected chi connectivity index (χ2v) is 8.74. The van der Waals surface area contributed by atoms with Crippen LogP contribution < -0.4 is 0 Å². The van der Waals surface area contributed by atoms with Gasteiger partial charge in [-0.1, -0.05) is 32.8 Å². The quantitative estimate of drug-likeness (QED) is 0.755. The summed E-state index contributed by atoms with van der Waals surface area (Å²) < 4.78 is 6.79. The molecule has 0 amide bonds.